The molecule has 0 atom stereocenters. The Bertz CT molecular complexity index is 497. The fourth-order valence-corrected chi connectivity index (χ4v) is 1.07. The monoisotopic (exact) mass is 180 g/mol. The van der Waals surface area contributed by atoms with Crippen molar-refractivity contribution in [2.75, 3.05) is 18.2 Å². The highest BCUT2D eigenvalue weighted by Gasteiger charge is 2.07. The van der Waals surface area contributed by atoms with Crippen LogP contribution in [-0.4, -0.2) is 26.7 Å². The minimum absolute atomic E-state index is 0.263. The predicted molar refractivity (Wildman–Crippen MR) is 47.8 cm³/mol. The third-order valence-electron chi connectivity index (χ3n) is 1.68. The van der Waals surface area contributed by atoms with E-state index in [1.165, 1.54) is 6.33 Å². The Balaban J connectivity index is 2.87. The molecule has 2 aromatic heterocycles. The van der Waals surface area contributed by atoms with Crippen molar-refractivity contribution >= 4 is 17.1 Å². The lowest BCUT2D eigenvalue weighted by Gasteiger charge is -1.97. The quantitative estimate of drug-likeness (QED) is 0.482. The third-order valence-corrected chi connectivity index (χ3v) is 1.68. The van der Waals surface area contributed by atoms with Gasteiger partial charge in [-0.05, 0) is 0 Å². The Morgan fingerprint density at radius 1 is 1.69 bits per heavy atom. The van der Waals surface area contributed by atoms with Crippen LogP contribution in [0.2, 0.25) is 0 Å². The van der Waals surface area contributed by atoms with E-state index < -0.39 is 0 Å². The van der Waals surface area contributed by atoms with Crippen molar-refractivity contribution in [3.05, 3.63) is 16.7 Å². The van der Waals surface area contributed by atoms with Crippen LogP contribution in [0.5, 0.6) is 0 Å². The first-order chi connectivity index (χ1) is 6.22. The molecule has 4 N–H and O–H groups in total. The van der Waals surface area contributed by atoms with Crippen molar-refractivity contribution in [3.63, 3.8) is 0 Å². The summed E-state index contributed by atoms with van der Waals surface area (Å²) in [5.74, 6) is 5.81. The number of hydrogen-bond donors (Lipinski definition) is 3. The smallest absolute Gasteiger partial charge is 0.280 e. The van der Waals surface area contributed by atoms with Gasteiger partial charge in [-0.2, -0.15) is 4.98 Å². The van der Waals surface area contributed by atoms with E-state index in [0.29, 0.717) is 11.6 Å². The summed E-state index contributed by atoms with van der Waals surface area (Å²) < 4.78 is 1.14. The normalized spacial score (nSPS) is 10.5. The van der Waals surface area contributed by atoms with Gasteiger partial charge in [0, 0.05) is 7.05 Å². The van der Waals surface area contributed by atoms with E-state index in [1.807, 2.05) is 0 Å². The topological polar surface area (TPSA) is 102 Å². The lowest BCUT2D eigenvalue weighted by atomic mass is 10.5. The van der Waals surface area contributed by atoms with Gasteiger partial charge in [0.25, 0.3) is 5.56 Å². The molecule has 0 saturated heterocycles. The van der Waals surface area contributed by atoms with Gasteiger partial charge in [-0.25, -0.2) is 9.66 Å². The number of aromatic amines is 1. The fourth-order valence-electron chi connectivity index (χ4n) is 1.07. The number of nitrogen functional groups attached to an aromatic ring is 1. The van der Waals surface area contributed by atoms with Gasteiger partial charge in [0.2, 0.25) is 5.95 Å². The molecule has 7 heteroatoms. The van der Waals surface area contributed by atoms with Crippen LogP contribution in [0, 0.1) is 0 Å². The number of nitrogens with two attached hydrogens (primary N) is 1. The van der Waals surface area contributed by atoms with E-state index in [0.717, 1.165) is 4.68 Å². The Hall–Kier alpha value is -2.05. The maximum Gasteiger partial charge on any atom is 0.280 e. The molecule has 2 aromatic rings. The van der Waals surface area contributed by atoms with Crippen LogP contribution < -0.4 is 16.7 Å². The van der Waals surface area contributed by atoms with Gasteiger partial charge >= 0.3 is 0 Å². The average Bonchev–Trinajstić information content (AvgIpc) is 2.48. The van der Waals surface area contributed by atoms with Crippen molar-refractivity contribution in [1.29, 1.82) is 0 Å². The summed E-state index contributed by atoms with van der Waals surface area (Å²) in [5.41, 5.74) is 0.281. The Kier molecular flexibility index (Phi) is 1.44. The molecule has 0 spiro atoms. The van der Waals surface area contributed by atoms with Crippen LogP contribution in [0.25, 0.3) is 11.2 Å². The largest absolute Gasteiger partial charge is 0.359 e. The molecule has 7 nitrogen and oxygen atoms in total. The van der Waals surface area contributed by atoms with E-state index in [2.05, 4.69) is 20.3 Å². The summed E-state index contributed by atoms with van der Waals surface area (Å²) in [5, 5.41) is 2.71. The maximum absolute atomic E-state index is 11.4. The number of imidazole rings is 1. The first-order valence-corrected chi connectivity index (χ1v) is 3.62. The van der Waals surface area contributed by atoms with Crippen LogP contribution in [0.3, 0.4) is 0 Å². The van der Waals surface area contributed by atoms with E-state index >= 15 is 0 Å². The summed E-state index contributed by atoms with van der Waals surface area (Å²) in [4.78, 5) is 21.7. The first-order valence-electron chi connectivity index (χ1n) is 3.62. The standard InChI is InChI=1S/C6H8N6O/c1-8-6-10-4-3(5(13)11-6)12(7)2-9-4/h2H,7H2,1H3,(H2,8,10,11,13). The van der Waals surface area contributed by atoms with Crippen LogP contribution in [0.1, 0.15) is 0 Å². The molecule has 0 radical (unpaired) electrons. The number of aromatic nitrogens is 4. The number of H-pyrrole nitrogens is 1. The maximum atomic E-state index is 11.4. The molecule has 0 aromatic carbocycles. The second-order valence-electron chi connectivity index (χ2n) is 2.49. The molecule has 0 aliphatic rings. The minimum Gasteiger partial charge on any atom is -0.359 e. The fraction of sp³-hybridized carbons (Fsp3) is 0.167. The number of rotatable bonds is 1. The number of anilines is 1. The van der Waals surface area contributed by atoms with Crippen LogP contribution >= 0.6 is 0 Å². The molecule has 0 amide bonds. The second kappa shape index (κ2) is 2.47. The predicted octanol–water partition coefficient (Wildman–Crippen LogP) is -1.12. The molecule has 0 bridgehead atoms. The van der Waals surface area contributed by atoms with Gasteiger partial charge in [-0.15, -0.1) is 0 Å². The number of fused-ring (bicyclic) bond motifs is 1. The second-order valence-corrected chi connectivity index (χ2v) is 2.49. The summed E-state index contributed by atoms with van der Waals surface area (Å²) in [6.45, 7) is 0. The van der Waals surface area contributed by atoms with Gasteiger partial charge in [0.1, 0.15) is 6.33 Å². The highest BCUT2D eigenvalue weighted by Crippen LogP contribution is 2.03. The van der Waals surface area contributed by atoms with Gasteiger partial charge in [-0.3, -0.25) is 9.78 Å². The van der Waals surface area contributed by atoms with Crippen molar-refractivity contribution in [1.82, 2.24) is 19.6 Å². The average molecular weight is 180 g/mol. The lowest BCUT2D eigenvalue weighted by Crippen LogP contribution is -2.17. The molecule has 2 rings (SSSR count). The molecular formula is C6H8N6O. The third kappa shape index (κ3) is 1.01. The summed E-state index contributed by atoms with van der Waals surface area (Å²) >= 11 is 0. The summed E-state index contributed by atoms with van der Waals surface area (Å²) in [7, 11) is 1.66. The van der Waals surface area contributed by atoms with Gasteiger partial charge in [0.15, 0.2) is 11.2 Å². The molecule has 68 valence electrons. The van der Waals surface area contributed by atoms with Gasteiger partial charge in [-0.1, -0.05) is 0 Å². The molecule has 0 unspecified atom stereocenters. The van der Waals surface area contributed by atoms with E-state index in [9.17, 15) is 4.79 Å². The lowest BCUT2D eigenvalue weighted by molar-refractivity contribution is 1.02. The number of hydrogen-bond acceptors (Lipinski definition) is 5. The zero-order valence-electron chi connectivity index (χ0n) is 6.90. The number of nitrogens with one attached hydrogen (secondary N) is 2. The van der Waals surface area contributed by atoms with Crippen LogP contribution in [0.4, 0.5) is 5.95 Å². The van der Waals surface area contributed by atoms with Crippen molar-refractivity contribution in [2.24, 2.45) is 0 Å². The Labute approximate surface area is 72.6 Å². The van der Waals surface area contributed by atoms with Crippen molar-refractivity contribution < 1.29 is 0 Å². The first kappa shape index (κ1) is 7.59. The highest BCUT2D eigenvalue weighted by molar-refractivity contribution is 5.70. The zero-order valence-corrected chi connectivity index (χ0v) is 6.90. The van der Waals surface area contributed by atoms with Gasteiger partial charge in [0.05, 0.1) is 0 Å². The molecule has 0 saturated carbocycles. The zero-order chi connectivity index (χ0) is 9.42. The van der Waals surface area contributed by atoms with Crippen molar-refractivity contribution in [2.45, 2.75) is 0 Å². The highest BCUT2D eigenvalue weighted by atomic mass is 16.1. The van der Waals surface area contributed by atoms with Crippen LogP contribution in [0.15, 0.2) is 11.1 Å². The van der Waals surface area contributed by atoms with E-state index in [4.69, 9.17) is 5.84 Å². The molecule has 2 heterocycles. The number of nitrogens with zero attached hydrogens (tertiary/aromatic N) is 3. The van der Waals surface area contributed by atoms with Gasteiger partial charge < -0.3 is 11.2 Å². The summed E-state index contributed by atoms with van der Waals surface area (Å²) in [6, 6.07) is 0. The molecule has 0 fully saturated rings. The molecule has 13 heavy (non-hydrogen) atoms. The minimum atomic E-state index is -0.311. The van der Waals surface area contributed by atoms with Crippen molar-refractivity contribution in [3.8, 4) is 0 Å². The Morgan fingerprint density at radius 2 is 2.46 bits per heavy atom. The van der Waals surface area contributed by atoms with Crippen LogP contribution in [-0.2, 0) is 0 Å². The van der Waals surface area contributed by atoms with E-state index in [-0.39, 0.29) is 11.1 Å². The summed E-state index contributed by atoms with van der Waals surface area (Å²) in [6.07, 6.45) is 1.34. The molecular weight excluding hydrogens is 172 g/mol. The molecule has 0 aliphatic carbocycles. The molecule has 0 aliphatic heterocycles. The SMILES string of the molecule is CNc1nc2ncn(N)c2c(=O)[nH]1. The van der Waals surface area contributed by atoms with E-state index in [1.54, 1.807) is 7.05 Å². The Morgan fingerprint density at radius 3 is 3.15 bits per heavy atom.